The minimum atomic E-state index is -4.61. The summed E-state index contributed by atoms with van der Waals surface area (Å²) in [6, 6.07) is -0.925. The van der Waals surface area contributed by atoms with Gasteiger partial charge in [-0.1, -0.05) is 143 Å². The lowest BCUT2D eigenvalue weighted by Crippen LogP contribution is -2.45. The number of unbranched alkanes of at least 4 members (excludes halogenated alkanes) is 10. The Balaban J connectivity index is 4.53. The molecule has 0 fully saturated rings. The Kier molecular flexibility index (Phi) is 36.2. The Labute approximate surface area is 343 Å². The number of allylic oxidation sites excluding steroid dienone is 15. The van der Waals surface area contributed by atoms with E-state index in [4.69, 9.17) is 9.05 Å². The van der Waals surface area contributed by atoms with Crippen molar-refractivity contribution in [1.29, 1.82) is 0 Å². The van der Waals surface area contributed by atoms with Gasteiger partial charge in [-0.2, -0.15) is 0 Å². The highest BCUT2D eigenvalue weighted by atomic mass is 31.2. The Bertz CT molecular complexity index is 1230. The number of hydrogen-bond acceptors (Lipinski definition) is 6. The summed E-state index contributed by atoms with van der Waals surface area (Å²) in [7, 11) is 1.20. The lowest BCUT2D eigenvalue weighted by Gasteiger charge is -2.29. The lowest BCUT2D eigenvalue weighted by atomic mass is 10.1. The standard InChI is InChI=1S/C47H81N2O6P/c1-6-8-10-12-14-16-18-20-21-22-23-24-25-26-27-29-31-33-35-37-39-41-47(51)48-45(44-55-56(52,53)54-43-42-49(3,4)5)46(50)40-38-36-34-32-30-28-19-17-15-13-11-9-7-2/h8,10,14-17,20-21,23-24,26-27,30,32,38,40,45-46,50H,6-7,9,11-13,18-19,22,25,28-29,31,33-37,39,41-44H2,1-5H3,(H-,48,51,52,53)/b10-8-,16-14-,17-15+,21-20-,24-23-,27-26-,32-30+,40-38+. The number of quaternary nitrogens is 1. The third kappa shape index (κ3) is 39.6. The van der Waals surface area contributed by atoms with Crippen LogP contribution >= 0.6 is 7.82 Å². The van der Waals surface area contributed by atoms with Crippen LogP contribution in [0.15, 0.2) is 97.2 Å². The first-order chi connectivity index (χ1) is 27.0. The number of nitrogens with one attached hydrogen (secondary N) is 1. The monoisotopic (exact) mass is 801 g/mol. The molecule has 0 bridgehead atoms. The number of carbonyl (C=O) groups is 1. The van der Waals surface area contributed by atoms with Gasteiger partial charge in [0.1, 0.15) is 13.2 Å². The van der Waals surface area contributed by atoms with Crippen LogP contribution in [0.3, 0.4) is 0 Å². The number of phosphoric acid groups is 1. The number of carbonyl (C=O) groups excluding carboxylic acids is 1. The summed E-state index contributed by atoms with van der Waals surface area (Å²) >= 11 is 0. The zero-order valence-electron chi connectivity index (χ0n) is 36.0. The van der Waals surface area contributed by atoms with Gasteiger partial charge in [0.25, 0.3) is 7.82 Å². The molecule has 0 heterocycles. The minimum Gasteiger partial charge on any atom is -0.756 e. The van der Waals surface area contributed by atoms with E-state index in [1.807, 2.05) is 27.2 Å². The van der Waals surface area contributed by atoms with Crippen molar-refractivity contribution < 1.29 is 32.9 Å². The maximum absolute atomic E-state index is 12.8. The number of likely N-dealkylation sites (N-methyl/N-ethyl adjacent to an activating group) is 1. The largest absolute Gasteiger partial charge is 0.756 e. The van der Waals surface area contributed by atoms with Crippen molar-refractivity contribution in [2.75, 3.05) is 40.9 Å². The molecule has 0 saturated heterocycles. The van der Waals surface area contributed by atoms with Gasteiger partial charge in [0.2, 0.25) is 5.91 Å². The van der Waals surface area contributed by atoms with Gasteiger partial charge in [-0.15, -0.1) is 0 Å². The molecule has 0 spiro atoms. The van der Waals surface area contributed by atoms with Crippen LogP contribution < -0.4 is 10.2 Å². The lowest BCUT2D eigenvalue weighted by molar-refractivity contribution is -0.870. The van der Waals surface area contributed by atoms with Gasteiger partial charge >= 0.3 is 0 Å². The van der Waals surface area contributed by atoms with E-state index < -0.39 is 26.6 Å². The Morgan fingerprint density at radius 2 is 1.11 bits per heavy atom. The van der Waals surface area contributed by atoms with E-state index in [0.717, 1.165) is 103 Å². The molecule has 3 unspecified atom stereocenters. The SMILES string of the molecule is CC/C=C\C/C=C\C/C=C\C/C=C\C/C=C\CCCCCCCC(=O)NC(COP(=O)([O-])OCC[N+](C)(C)C)C(O)/C=C/CC/C=C/CC/C=C/CCCCC. The number of phosphoric ester groups is 1. The second kappa shape index (κ2) is 38.0. The van der Waals surface area contributed by atoms with Crippen LogP contribution in [-0.4, -0.2) is 68.5 Å². The third-order valence-corrected chi connectivity index (χ3v) is 9.72. The van der Waals surface area contributed by atoms with Gasteiger partial charge in [0, 0.05) is 6.42 Å². The molecular weight excluding hydrogens is 719 g/mol. The Hall–Kier alpha value is -2.58. The first-order valence-electron chi connectivity index (χ1n) is 21.6. The molecule has 0 saturated carbocycles. The molecule has 56 heavy (non-hydrogen) atoms. The van der Waals surface area contributed by atoms with Crippen molar-refractivity contribution in [1.82, 2.24) is 5.32 Å². The predicted octanol–water partition coefficient (Wildman–Crippen LogP) is 11.3. The number of rotatable bonds is 37. The molecule has 0 aliphatic carbocycles. The van der Waals surface area contributed by atoms with E-state index in [0.29, 0.717) is 17.4 Å². The van der Waals surface area contributed by atoms with E-state index in [9.17, 15) is 19.4 Å². The maximum atomic E-state index is 12.8. The van der Waals surface area contributed by atoms with Crippen molar-refractivity contribution in [3.63, 3.8) is 0 Å². The molecule has 0 aliphatic heterocycles. The quantitative estimate of drug-likeness (QED) is 0.0280. The summed E-state index contributed by atoms with van der Waals surface area (Å²) in [5, 5.41) is 13.7. The minimum absolute atomic E-state index is 0.0190. The van der Waals surface area contributed by atoms with Crippen LogP contribution in [0, 0.1) is 0 Å². The second-order valence-electron chi connectivity index (χ2n) is 15.3. The predicted molar refractivity (Wildman–Crippen MR) is 237 cm³/mol. The average molecular weight is 801 g/mol. The molecule has 0 rings (SSSR count). The van der Waals surface area contributed by atoms with Crippen molar-refractivity contribution in [2.45, 2.75) is 154 Å². The number of aliphatic hydroxyl groups is 1. The summed E-state index contributed by atoms with van der Waals surface area (Å²) in [4.78, 5) is 25.3. The van der Waals surface area contributed by atoms with E-state index >= 15 is 0 Å². The smallest absolute Gasteiger partial charge is 0.268 e. The van der Waals surface area contributed by atoms with Crippen molar-refractivity contribution >= 4 is 13.7 Å². The Morgan fingerprint density at radius 3 is 1.66 bits per heavy atom. The van der Waals surface area contributed by atoms with Gasteiger partial charge in [0.05, 0.1) is 39.9 Å². The van der Waals surface area contributed by atoms with Crippen LogP contribution in [-0.2, 0) is 18.4 Å². The highest BCUT2D eigenvalue weighted by Gasteiger charge is 2.23. The zero-order chi connectivity index (χ0) is 41.4. The topological polar surface area (TPSA) is 108 Å². The fourth-order valence-corrected chi connectivity index (χ4v) is 6.05. The molecule has 1 amide bonds. The van der Waals surface area contributed by atoms with E-state index in [2.05, 4.69) is 104 Å². The van der Waals surface area contributed by atoms with Crippen LogP contribution in [0.25, 0.3) is 0 Å². The maximum Gasteiger partial charge on any atom is 0.268 e. The van der Waals surface area contributed by atoms with Gasteiger partial charge in [0.15, 0.2) is 0 Å². The molecule has 0 aliphatic rings. The highest BCUT2D eigenvalue weighted by molar-refractivity contribution is 7.45. The normalized spacial score (nSPS) is 15.3. The fraction of sp³-hybridized carbons (Fsp3) is 0.638. The van der Waals surface area contributed by atoms with Gasteiger partial charge in [-0.25, -0.2) is 0 Å². The number of hydrogen-bond donors (Lipinski definition) is 2. The van der Waals surface area contributed by atoms with Crippen LogP contribution in [0.4, 0.5) is 0 Å². The third-order valence-electron chi connectivity index (χ3n) is 8.76. The van der Waals surface area contributed by atoms with Gasteiger partial charge in [-0.3, -0.25) is 9.36 Å². The van der Waals surface area contributed by atoms with Crippen LogP contribution in [0.1, 0.15) is 142 Å². The van der Waals surface area contributed by atoms with Crippen molar-refractivity contribution in [3.05, 3.63) is 97.2 Å². The second-order valence-corrected chi connectivity index (χ2v) is 16.7. The van der Waals surface area contributed by atoms with Crippen molar-refractivity contribution in [2.24, 2.45) is 0 Å². The average Bonchev–Trinajstić information content (AvgIpc) is 3.15. The molecule has 0 aromatic carbocycles. The summed E-state index contributed by atoms with van der Waals surface area (Å²) < 4.78 is 23.1. The number of nitrogens with zero attached hydrogens (tertiary/aromatic N) is 1. The molecule has 320 valence electrons. The summed E-state index contributed by atoms with van der Waals surface area (Å²) in [5.74, 6) is -0.237. The summed E-state index contributed by atoms with van der Waals surface area (Å²) in [6.07, 6.45) is 53.1. The molecule has 8 nitrogen and oxygen atoms in total. The number of amides is 1. The molecule has 0 aromatic rings. The van der Waals surface area contributed by atoms with E-state index in [1.54, 1.807) is 6.08 Å². The fourth-order valence-electron chi connectivity index (χ4n) is 5.32. The molecule has 0 aromatic heterocycles. The van der Waals surface area contributed by atoms with Crippen LogP contribution in [0.5, 0.6) is 0 Å². The molecule has 9 heteroatoms. The van der Waals surface area contributed by atoms with Crippen molar-refractivity contribution in [3.8, 4) is 0 Å². The van der Waals surface area contributed by atoms with Gasteiger partial charge in [-0.05, 0) is 89.9 Å². The van der Waals surface area contributed by atoms with Crippen LogP contribution in [0.2, 0.25) is 0 Å². The highest BCUT2D eigenvalue weighted by Crippen LogP contribution is 2.38. The molecule has 3 atom stereocenters. The first kappa shape index (κ1) is 53.4. The molecular formula is C47H81N2O6P. The van der Waals surface area contributed by atoms with E-state index in [-0.39, 0.29) is 12.5 Å². The van der Waals surface area contributed by atoms with E-state index in [1.165, 1.54) is 19.3 Å². The molecule has 2 N–H and O–H groups in total. The van der Waals surface area contributed by atoms with Gasteiger partial charge < -0.3 is 28.8 Å². The zero-order valence-corrected chi connectivity index (χ0v) is 36.9. The summed E-state index contributed by atoms with van der Waals surface area (Å²) in [6.45, 7) is 4.41. The first-order valence-corrected chi connectivity index (χ1v) is 23.1. The summed E-state index contributed by atoms with van der Waals surface area (Å²) in [5.41, 5.74) is 0. The molecule has 0 radical (unpaired) electrons. The Morgan fingerprint density at radius 1 is 0.643 bits per heavy atom. The number of aliphatic hydroxyl groups excluding tert-OH is 1.